The molecule has 3 rings (SSSR count). The molecule has 28 heavy (non-hydrogen) atoms. The normalized spacial score (nSPS) is 24.4. The summed E-state index contributed by atoms with van der Waals surface area (Å²) in [5, 5.41) is 5.77. The molecule has 5 amide bonds. The van der Waals surface area contributed by atoms with Crippen molar-refractivity contribution in [2.45, 2.75) is 70.3 Å². The number of piperidine rings is 1. The lowest BCUT2D eigenvalue weighted by Gasteiger charge is -2.32. The van der Waals surface area contributed by atoms with E-state index in [0.717, 1.165) is 38.5 Å². The van der Waals surface area contributed by atoms with Gasteiger partial charge in [0.05, 0.1) is 5.92 Å². The van der Waals surface area contributed by atoms with Crippen molar-refractivity contribution in [1.29, 1.82) is 0 Å². The molecule has 8 heteroatoms. The van der Waals surface area contributed by atoms with Gasteiger partial charge in [0.15, 0.2) is 0 Å². The Morgan fingerprint density at radius 2 is 1.93 bits per heavy atom. The highest BCUT2D eigenvalue weighted by Crippen LogP contribution is 2.33. The number of rotatable bonds is 6. The Balaban J connectivity index is 1.51. The number of nitrogens with zero attached hydrogens (tertiary/aromatic N) is 2. The van der Waals surface area contributed by atoms with E-state index in [9.17, 15) is 19.2 Å². The van der Waals surface area contributed by atoms with Crippen LogP contribution in [0.15, 0.2) is 0 Å². The first-order chi connectivity index (χ1) is 13.5. The van der Waals surface area contributed by atoms with Gasteiger partial charge in [-0.2, -0.15) is 0 Å². The highest BCUT2D eigenvalue weighted by atomic mass is 16.2. The average Bonchev–Trinajstić information content (AvgIpc) is 2.94. The van der Waals surface area contributed by atoms with Crippen molar-refractivity contribution >= 4 is 23.8 Å². The van der Waals surface area contributed by atoms with Gasteiger partial charge in [0, 0.05) is 32.6 Å². The Bertz CT molecular complexity index is 630. The van der Waals surface area contributed by atoms with Crippen LogP contribution in [0.25, 0.3) is 0 Å². The fourth-order valence-corrected chi connectivity index (χ4v) is 4.55. The second-order valence-corrected chi connectivity index (χ2v) is 8.25. The lowest BCUT2D eigenvalue weighted by molar-refractivity contribution is -0.136. The Morgan fingerprint density at radius 1 is 1.18 bits per heavy atom. The van der Waals surface area contributed by atoms with Crippen LogP contribution < -0.4 is 10.6 Å². The second kappa shape index (κ2) is 8.92. The topological polar surface area (TPSA) is 98.8 Å². The lowest BCUT2D eigenvalue weighted by atomic mass is 9.82. The molecule has 2 aliphatic heterocycles. The second-order valence-electron chi connectivity index (χ2n) is 8.25. The van der Waals surface area contributed by atoms with Crippen molar-refractivity contribution in [3.8, 4) is 0 Å². The standard InChI is InChI=1S/C20H32N4O4/c1-2-11-21-17(26)15-7-6-12-23(14-15)16(25)8-13-24-18(27)20(22-19(24)28)9-4-3-5-10-20/h15H,2-14H2,1H3,(H,21,26)(H,22,28). The molecule has 2 N–H and O–H groups in total. The van der Waals surface area contributed by atoms with Crippen LogP contribution in [0.1, 0.15) is 64.7 Å². The third-order valence-electron chi connectivity index (χ3n) is 6.20. The molecule has 1 atom stereocenters. The van der Waals surface area contributed by atoms with Gasteiger partial charge in [-0.15, -0.1) is 0 Å². The van der Waals surface area contributed by atoms with Crippen molar-refractivity contribution in [2.75, 3.05) is 26.2 Å². The van der Waals surface area contributed by atoms with Crippen LogP contribution >= 0.6 is 0 Å². The van der Waals surface area contributed by atoms with Crippen molar-refractivity contribution < 1.29 is 19.2 Å². The lowest BCUT2D eigenvalue weighted by Crippen LogP contribution is -2.48. The van der Waals surface area contributed by atoms with E-state index in [2.05, 4.69) is 10.6 Å². The van der Waals surface area contributed by atoms with Crippen LogP contribution in [0, 0.1) is 5.92 Å². The third kappa shape index (κ3) is 4.31. The van der Waals surface area contributed by atoms with E-state index in [4.69, 9.17) is 0 Å². The predicted octanol–water partition coefficient (Wildman–Crippen LogP) is 1.40. The quantitative estimate of drug-likeness (QED) is 0.668. The molecular formula is C20H32N4O4. The van der Waals surface area contributed by atoms with Crippen LogP contribution in [0.4, 0.5) is 4.79 Å². The summed E-state index contributed by atoms with van der Waals surface area (Å²) in [7, 11) is 0. The number of imide groups is 1. The van der Waals surface area contributed by atoms with Crippen LogP contribution in [0.5, 0.6) is 0 Å². The average molecular weight is 393 g/mol. The van der Waals surface area contributed by atoms with Crippen LogP contribution in [0.2, 0.25) is 0 Å². The van der Waals surface area contributed by atoms with Gasteiger partial charge in [0.25, 0.3) is 5.91 Å². The molecule has 2 saturated heterocycles. The molecule has 0 aromatic rings. The van der Waals surface area contributed by atoms with Gasteiger partial charge in [0.2, 0.25) is 11.8 Å². The molecule has 1 spiro atoms. The highest BCUT2D eigenvalue weighted by Gasteiger charge is 2.51. The molecule has 2 heterocycles. The largest absolute Gasteiger partial charge is 0.356 e. The molecular weight excluding hydrogens is 360 g/mol. The van der Waals surface area contributed by atoms with Gasteiger partial charge in [-0.05, 0) is 32.1 Å². The van der Waals surface area contributed by atoms with Crippen molar-refractivity contribution in [2.24, 2.45) is 5.92 Å². The summed E-state index contributed by atoms with van der Waals surface area (Å²) in [5.41, 5.74) is -0.744. The number of likely N-dealkylation sites (tertiary alicyclic amines) is 1. The summed E-state index contributed by atoms with van der Waals surface area (Å²) in [6.45, 7) is 3.80. The molecule has 1 saturated carbocycles. The Kier molecular flexibility index (Phi) is 6.57. The van der Waals surface area contributed by atoms with E-state index < -0.39 is 5.54 Å². The van der Waals surface area contributed by atoms with E-state index in [1.54, 1.807) is 4.90 Å². The number of carbonyl (C=O) groups excluding carboxylic acids is 4. The van der Waals surface area contributed by atoms with Crippen molar-refractivity contribution in [1.82, 2.24) is 20.4 Å². The summed E-state index contributed by atoms with van der Waals surface area (Å²) in [6.07, 6.45) is 6.91. The van der Waals surface area contributed by atoms with Crippen molar-refractivity contribution in [3.05, 3.63) is 0 Å². The summed E-state index contributed by atoms with van der Waals surface area (Å²) in [5.74, 6) is -0.446. The number of nitrogens with one attached hydrogen (secondary N) is 2. The predicted molar refractivity (Wildman–Crippen MR) is 103 cm³/mol. The van der Waals surface area contributed by atoms with E-state index in [1.807, 2.05) is 6.92 Å². The molecule has 1 aliphatic carbocycles. The van der Waals surface area contributed by atoms with Gasteiger partial charge < -0.3 is 15.5 Å². The summed E-state index contributed by atoms with van der Waals surface area (Å²) in [4.78, 5) is 52.8. The minimum atomic E-state index is -0.744. The zero-order chi connectivity index (χ0) is 20.1. The first-order valence-corrected chi connectivity index (χ1v) is 10.7. The van der Waals surface area contributed by atoms with E-state index in [0.29, 0.717) is 32.5 Å². The number of hydrogen-bond acceptors (Lipinski definition) is 4. The van der Waals surface area contributed by atoms with Crippen molar-refractivity contribution in [3.63, 3.8) is 0 Å². The van der Waals surface area contributed by atoms with E-state index in [1.165, 1.54) is 4.90 Å². The van der Waals surface area contributed by atoms with E-state index >= 15 is 0 Å². The minimum Gasteiger partial charge on any atom is -0.356 e. The molecule has 0 radical (unpaired) electrons. The van der Waals surface area contributed by atoms with Gasteiger partial charge in [-0.25, -0.2) is 4.79 Å². The number of amides is 5. The Hall–Kier alpha value is -2.12. The van der Waals surface area contributed by atoms with Gasteiger partial charge in [-0.1, -0.05) is 26.2 Å². The monoisotopic (exact) mass is 392 g/mol. The summed E-state index contributed by atoms with van der Waals surface area (Å²) in [6, 6.07) is -0.379. The fourth-order valence-electron chi connectivity index (χ4n) is 4.55. The van der Waals surface area contributed by atoms with Gasteiger partial charge in [0.1, 0.15) is 5.54 Å². The molecule has 0 aromatic heterocycles. The maximum atomic E-state index is 12.8. The smallest absolute Gasteiger partial charge is 0.325 e. The van der Waals surface area contributed by atoms with Crippen LogP contribution in [-0.4, -0.2) is 65.3 Å². The zero-order valence-electron chi connectivity index (χ0n) is 16.8. The van der Waals surface area contributed by atoms with Gasteiger partial charge in [-0.3, -0.25) is 19.3 Å². The fraction of sp³-hybridized carbons (Fsp3) is 0.800. The molecule has 1 unspecified atom stereocenters. The number of hydrogen-bond donors (Lipinski definition) is 2. The molecule has 3 aliphatic rings. The maximum Gasteiger partial charge on any atom is 0.325 e. The molecule has 3 fully saturated rings. The van der Waals surface area contributed by atoms with Crippen LogP contribution in [-0.2, 0) is 14.4 Å². The zero-order valence-corrected chi connectivity index (χ0v) is 16.8. The summed E-state index contributed by atoms with van der Waals surface area (Å²) < 4.78 is 0. The molecule has 156 valence electrons. The third-order valence-corrected chi connectivity index (χ3v) is 6.20. The van der Waals surface area contributed by atoms with E-state index in [-0.39, 0.29) is 42.6 Å². The van der Waals surface area contributed by atoms with Gasteiger partial charge >= 0.3 is 6.03 Å². The molecule has 0 aromatic carbocycles. The van der Waals surface area contributed by atoms with Crippen LogP contribution in [0.3, 0.4) is 0 Å². The molecule has 8 nitrogen and oxygen atoms in total. The highest BCUT2D eigenvalue weighted by molar-refractivity contribution is 6.07. The first kappa shape index (κ1) is 20.6. The SMILES string of the molecule is CCCNC(=O)C1CCCN(C(=O)CCN2C(=O)NC3(CCCCC3)C2=O)C1. The summed E-state index contributed by atoms with van der Waals surface area (Å²) >= 11 is 0. The number of carbonyl (C=O) groups is 4. The number of urea groups is 1. The Morgan fingerprint density at radius 3 is 2.64 bits per heavy atom. The minimum absolute atomic E-state index is 0.00712. The first-order valence-electron chi connectivity index (χ1n) is 10.7. The maximum absolute atomic E-state index is 12.8. The Labute approximate surface area is 166 Å². The molecule has 0 bridgehead atoms.